The van der Waals surface area contributed by atoms with Crippen LogP contribution in [0.2, 0.25) is 0 Å². The number of benzene rings is 1. The first-order valence-electron chi connectivity index (χ1n) is 8.27. The van der Waals surface area contributed by atoms with E-state index in [9.17, 15) is 14.0 Å². The van der Waals surface area contributed by atoms with E-state index in [-0.39, 0.29) is 17.8 Å². The first-order valence-corrected chi connectivity index (χ1v) is 8.27. The molecule has 0 unspecified atom stereocenters. The number of hydrogen-bond donors (Lipinski definition) is 0. The summed E-state index contributed by atoms with van der Waals surface area (Å²) in [7, 11) is 0. The van der Waals surface area contributed by atoms with Gasteiger partial charge < -0.3 is 14.5 Å². The quantitative estimate of drug-likeness (QED) is 0.850. The lowest BCUT2D eigenvalue weighted by atomic mass is 10.2. The van der Waals surface area contributed by atoms with E-state index in [1.54, 1.807) is 24.0 Å². The van der Waals surface area contributed by atoms with Gasteiger partial charge in [0.2, 0.25) is 5.91 Å². The molecule has 0 radical (unpaired) electrons. The van der Waals surface area contributed by atoms with E-state index >= 15 is 0 Å². The highest BCUT2D eigenvalue weighted by atomic mass is 19.1. The minimum atomic E-state index is -0.427. The fourth-order valence-electron chi connectivity index (χ4n) is 3.13. The monoisotopic (exact) mass is 335 g/mol. The van der Waals surface area contributed by atoms with Crippen LogP contribution in [0.1, 0.15) is 20.3 Å². The number of anilines is 2. The fourth-order valence-corrected chi connectivity index (χ4v) is 3.13. The third-order valence-corrected chi connectivity index (χ3v) is 4.64. The zero-order chi connectivity index (χ0) is 17.3. The van der Waals surface area contributed by atoms with Gasteiger partial charge in [0.1, 0.15) is 11.9 Å². The molecule has 0 aliphatic carbocycles. The van der Waals surface area contributed by atoms with Gasteiger partial charge in [-0.15, -0.1) is 0 Å². The number of cyclic esters (lactones) is 1. The van der Waals surface area contributed by atoms with Gasteiger partial charge in [-0.2, -0.15) is 0 Å². The number of nitrogens with zero attached hydrogens (tertiary/aromatic N) is 3. The van der Waals surface area contributed by atoms with Crippen LogP contribution in [0.15, 0.2) is 18.2 Å². The van der Waals surface area contributed by atoms with Crippen LogP contribution in [0.25, 0.3) is 0 Å². The van der Waals surface area contributed by atoms with Gasteiger partial charge in [-0.3, -0.25) is 9.69 Å². The van der Waals surface area contributed by atoms with Crippen LogP contribution in [0.3, 0.4) is 0 Å². The van der Waals surface area contributed by atoms with Crippen molar-refractivity contribution in [2.75, 3.05) is 42.5 Å². The molecule has 1 aromatic rings. The van der Waals surface area contributed by atoms with Crippen molar-refractivity contribution in [1.82, 2.24) is 4.90 Å². The number of hydrogen-bond acceptors (Lipinski definition) is 4. The normalized spacial score (nSPS) is 21.2. The SMILES string of the molecule is CC[C@H]1CN(c2ccc(N3CCN(C(C)=O)CC3)c(F)c2)C(=O)O1. The number of halogens is 1. The summed E-state index contributed by atoms with van der Waals surface area (Å²) in [5.74, 6) is -0.319. The third-order valence-electron chi connectivity index (χ3n) is 4.64. The van der Waals surface area contributed by atoms with E-state index in [2.05, 4.69) is 0 Å². The lowest BCUT2D eigenvalue weighted by Gasteiger charge is -2.35. The van der Waals surface area contributed by atoms with Gasteiger partial charge in [0, 0.05) is 33.1 Å². The standard InChI is InChI=1S/C17H22FN3O3/c1-3-14-11-21(17(23)24-14)13-4-5-16(15(18)10-13)20-8-6-19(7-9-20)12(2)22/h4-5,10,14H,3,6-9,11H2,1-2H3/t14-/m0/s1. The summed E-state index contributed by atoms with van der Waals surface area (Å²) >= 11 is 0. The highest BCUT2D eigenvalue weighted by Crippen LogP contribution is 2.29. The minimum absolute atomic E-state index is 0.0449. The summed E-state index contributed by atoms with van der Waals surface area (Å²) in [4.78, 5) is 28.4. The van der Waals surface area contributed by atoms with Gasteiger partial charge in [-0.1, -0.05) is 6.92 Å². The Morgan fingerprint density at radius 3 is 2.54 bits per heavy atom. The van der Waals surface area contributed by atoms with Crippen LogP contribution in [-0.4, -0.2) is 55.7 Å². The molecule has 2 amide bonds. The fraction of sp³-hybridized carbons (Fsp3) is 0.529. The lowest BCUT2D eigenvalue weighted by Crippen LogP contribution is -2.48. The zero-order valence-corrected chi connectivity index (χ0v) is 14.0. The van der Waals surface area contributed by atoms with Gasteiger partial charge in [0.15, 0.2) is 0 Å². The summed E-state index contributed by atoms with van der Waals surface area (Å²) in [6.45, 7) is 6.32. The molecule has 0 spiro atoms. The molecule has 0 aromatic heterocycles. The Bertz CT molecular complexity index is 644. The van der Waals surface area contributed by atoms with Gasteiger partial charge >= 0.3 is 6.09 Å². The van der Waals surface area contributed by atoms with Crippen LogP contribution < -0.4 is 9.80 Å². The molecule has 2 aliphatic rings. The molecular weight excluding hydrogens is 313 g/mol. The smallest absolute Gasteiger partial charge is 0.414 e. The van der Waals surface area contributed by atoms with Crippen LogP contribution in [0.4, 0.5) is 20.6 Å². The van der Waals surface area contributed by atoms with Crippen molar-refractivity contribution in [1.29, 1.82) is 0 Å². The first-order chi connectivity index (χ1) is 11.5. The van der Waals surface area contributed by atoms with E-state index in [4.69, 9.17) is 4.74 Å². The Hall–Kier alpha value is -2.31. The molecule has 1 atom stereocenters. The Kier molecular flexibility index (Phi) is 4.59. The number of amides is 2. The van der Waals surface area contributed by atoms with Crippen molar-refractivity contribution in [2.45, 2.75) is 26.4 Å². The maximum absolute atomic E-state index is 14.5. The van der Waals surface area contributed by atoms with Crippen molar-refractivity contribution in [3.8, 4) is 0 Å². The molecule has 0 bridgehead atoms. The molecule has 7 heteroatoms. The molecule has 3 rings (SSSR count). The van der Waals surface area contributed by atoms with Gasteiger partial charge in [0.05, 0.1) is 17.9 Å². The van der Waals surface area contributed by atoms with Crippen molar-refractivity contribution in [2.24, 2.45) is 0 Å². The summed E-state index contributed by atoms with van der Waals surface area (Å²) in [6.07, 6.45) is 0.174. The number of ether oxygens (including phenoxy) is 1. The largest absolute Gasteiger partial charge is 0.444 e. The predicted molar refractivity (Wildman–Crippen MR) is 88.8 cm³/mol. The molecule has 0 N–H and O–H groups in total. The molecule has 0 saturated carbocycles. The summed E-state index contributed by atoms with van der Waals surface area (Å²) < 4.78 is 19.8. The van der Waals surface area contributed by atoms with Crippen LogP contribution in [0.5, 0.6) is 0 Å². The number of carbonyl (C=O) groups excluding carboxylic acids is 2. The zero-order valence-electron chi connectivity index (χ0n) is 14.0. The van der Waals surface area contributed by atoms with Crippen molar-refractivity contribution < 1.29 is 18.7 Å². The van der Waals surface area contributed by atoms with Crippen molar-refractivity contribution in [3.05, 3.63) is 24.0 Å². The van der Waals surface area contributed by atoms with E-state index in [0.717, 1.165) is 6.42 Å². The van der Waals surface area contributed by atoms with Crippen LogP contribution in [0, 0.1) is 5.82 Å². The van der Waals surface area contributed by atoms with E-state index in [1.165, 1.54) is 11.0 Å². The van der Waals surface area contributed by atoms with Crippen LogP contribution in [-0.2, 0) is 9.53 Å². The molecule has 1 aromatic carbocycles. The molecular formula is C17H22FN3O3. The predicted octanol–water partition coefficient (Wildman–Crippen LogP) is 2.23. The van der Waals surface area contributed by atoms with Crippen molar-refractivity contribution in [3.63, 3.8) is 0 Å². The van der Waals surface area contributed by atoms with Gasteiger partial charge in [-0.25, -0.2) is 9.18 Å². The molecule has 130 valence electrons. The highest BCUT2D eigenvalue weighted by molar-refractivity contribution is 5.90. The first kappa shape index (κ1) is 16.5. The number of piperazine rings is 1. The summed E-state index contributed by atoms with van der Waals surface area (Å²) in [5, 5.41) is 0. The maximum Gasteiger partial charge on any atom is 0.414 e. The maximum atomic E-state index is 14.5. The Labute approximate surface area is 140 Å². The van der Waals surface area contributed by atoms with Crippen molar-refractivity contribution >= 4 is 23.4 Å². The number of rotatable bonds is 3. The Morgan fingerprint density at radius 1 is 1.29 bits per heavy atom. The molecule has 2 saturated heterocycles. The molecule has 2 aliphatic heterocycles. The molecule has 2 heterocycles. The second-order valence-electron chi connectivity index (χ2n) is 6.15. The van der Waals surface area contributed by atoms with E-state index < -0.39 is 6.09 Å². The molecule has 24 heavy (non-hydrogen) atoms. The van der Waals surface area contributed by atoms with Gasteiger partial charge in [0.25, 0.3) is 0 Å². The third kappa shape index (κ3) is 3.16. The minimum Gasteiger partial charge on any atom is -0.444 e. The average Bonchev–Trinajstić information content (AvgIpc) is 2.96. The van der Waals surface area contributed by atoms with E-state index in [0.29, 0.717) is 44.1 Å². The number of carbonyl (C=O) groups is 2. The second kappa shape index (κ2) is 6.67. The average molecular weight is 335 g/mol. The topological polar surface area (TPSA) is 53.1 Å². The molecule has 6 nitrogen and oxygen atoms in total. The van der Waals surface area contributed by atoms with Crippen LogP contribution >= 0.6 is 0 Å². The molecule has 2 fully saturated rings. The lowest BCUT2D eigenvalue weighted by molar-refractivity contribution is -0.129. The highest BCUT2D eigenvalue weighted by Gasteiger charge is 2.31. The Morgan fingerprint density at radius 2 is 2.00 bits per heavy atom. The summed E-state index contributed by atoms with van der Waals surface area (Å²) in [6, 6.07) is 4.82. The van der Waals surface area contributed by atoms with Gasteiger partial charge in [-0.05, 0) is 24.6 Å². The van der Waals surface area contributed by atoms with E-state index in [1.807, 2.05) is 11.8 Å². The summed E-state index contributed by atoms with van der Waals surface area (Å²) in [5.41, 5.74) is 1.01. The second-order valence-corrected chi connectivity index (χ2v) is 6.15. The Balaban J connectivity index is 1.72.